The molecule has 2 rings (SSSR count). The van der Waals surface area contributed by atoms with Crippen LogP contribution in [0.15, 0.2) is 30.3 Å². The molecule has 1 saturated carbocycles. The Kier molecular flexibility index (Phi) is 4.64. The van der Waals surface area contributed by atoms with Crippen LogP contribution in [0.5, 0.6) is 0 Å². The molecular weight excluding hydrogens is 274 g/mol. The first-order chi connectivity index (χ1) is 9.89. The third-order valence-electron chi connectivity index (χ3n) is 4.73. The number of hydrogen-bond donors (Lipinski definition) is 1. The molecule has 1 aromatic rings. The average Bonchev–Trinajstić information content (AvgIpc) is 2.47. The first-order valence-corrected chi connectivity index (χ1v) is 7.56. The fourth-order valence-corrected chi connectivity index (χ4v) is 3.47. The summed E-state index contributed by atoms with van der Waals surface area (Å²) in [6.07, 6.45) is 2.63. The van der Waals surface area contributed by atoms with Gasteiger partial charge in [0.2, 0.25) is 0 Å². The number of hydrogen-bond acceptors (Lipinski definition) is 1. The number of rotatable bonds is 5. The third kappa shape index (κ3) is 3.42. The molecule has 0 amide bonds. The molecule has 2 nitrogen and oxygen atoms in total. The zero-order chi connectivity index (χ0) is 15.5. The van der Waals surface area contributed by atoms with Gasteiger partial charge in [-0.3, -0.25) is 4.79 Å². The third-order valence-corrected chi connectivity index (χ3v) is 4.73. The highest BCUT2D eigenvalue weighted by atomic mass is 19.3. The van der Waals surface area contributed by atoms with E-state index in [0.29, 0.717) is 12.8 Å². The lowest BCUT2D eigenvalue weighted by molar-refractivity contribution is -0.161. The van der Waals surface area contributed by atoms with Gasteiger partial charge in [0, 0.05) is 12.0 Å². The molecule has 0 heterocycles. The lowest BCUT2D eigenvalue weighted by Crippen LogP contribution is -2.40. The number of halogens is 2. The van der Waals surface area contributed by atoms with Crippen molar-refractivity contribution in [2.45, 2.75) is 51.4 Å². The van der Waals surface area contributed by atoms with Crippen molar-refractivity contribution in [3.8, 4) is 0 Å². The molecule has 0 spiro atoms. The second-order valence-corrected chi connectivity index (χ2v) is 6.20. The van der Waals surface area contributed by atoms with Gasteiger partial charge in [0.05, 0.1) is 5.41 Å². The lowest BCUT2D eigenvalue weighted by atomic mass is 9.65. The van der Waals surface area contributed by atoms with E-state index >= 15 is 0 Å². The van der Waals surface area contributed by atoms with Crippen molar-refractivity contribution in [1.29, 1.82) is 0 Å². The van der Waals surface area contributed by atoms with Crippen LogP contribution in [-0.2, 0) is 10.7 Å². The summed E-state index contributed by atoms with van der Waals surface area (Å²) < 4.78 is 29.0. The summed E-state index contributed by atoms with van der Waals surface area (Å²) in [5.74, 6) is -3.94. The zero-order valence-electron chi connectivity index (χ0n) is 12.3. The van der Waals surface area contributed by atoms with Crippen LogP contribution < -0.4 is 0 Å². The predicted octanol–water partition coefficient (Wildman–Crippen LogP) is 4.84. The average molecular weight is 296 g/mol. The molecule has 21 heavy (non-hydrogen) atoms. The Morgan fingerprint density at radius 1 is 1.38 bits per heavy atom. The van der Waals surface area contributed by atoms with Crippen LogP contribution in [0.2, 0.25) is 0 Å². The Morgan fingerprint density at radius 2 is 2.05 bits per heavy atom. The number of benzene rings is 1. The quantitative estimate of drug-likeness (QED) is 0.844. The van der Waals surface area contributed by atoms with Crippen LogP contribution in [0.1, 0.15) is 51.0 Å². The van der Waals surface area contributed by atoms with Crippen molar-refractivity contribution in [2.75, 3.05) is 0 Å². The van der Waals surface area contributed by atoms with Crippen molar-refractivity contribution < 1.29 is 18.7 Å². The molecule has 1 aromatic carbocycles. The molecule has 0 radical (unpaired) electrons. The molecule has 116 valence electrons. The van der Waals surface area contributed by atoms with E-state index < -0.39 is 23.7 Å². The molecule has 0 aliphatic heterocycles. The number of carbonyl (C=O) groups is 1. The minimum absolute atomic E-state index is 0.0933. The van der Waals surface area contributed by atoms with Crippen LogP contribution in [0.3, 0.4) is 0 Å². The molecule has 0 bridgehead atoms. The van der Waals surface area contributed by atoms with Crippen LogP contribution in [0, 0.1) is 11.3 Å². The number of carboxylic acids is 1. The zero-order valence-corrected chi connectivity index (χ0v) is 12.3. The second-order valence-electron chi connectivity index (χ2n) is 6.20. The number of alkyl halides is 2. The highest BCUT2D eigenvalue weighted by Gasteiger charge is 2.50. The molecule has 1 aliphatic carbocycles. The fourth-order valence-electron chi connectivity index (χ4n) is 3.47. The van der Waals surface area contributed by atoms with Crippen LogP contribution in [0.25, 0.3) is 0 Å². The lowest BCUT2D eigenvalue weighted by Gasteiger charge is -2.39. The van der Waals surface area contributed by atoms with Gasteiger partial charge in [0.25, 0.3) is 5.92 Å². The normalized spacial score (nSPS) is 26.5. The molecule has 2 atom stereocenters. The van der Waals surface area contributed by atoms with Crippen molar-refractivity contribution in [1.82, 2.24) is 0 Å². The van der Waals surface area contributed by atoms with Gasteiger partial charge in [-0.15, -0.1) is 0 Å². The SMILES string of the molecule is CCC1CCCC(CC(F)(F)c2ccccc2)(C(=O)O)C1. The van der Waals surface area contributed by atoms with Crippen molar-refractivity contribution in [3.05, 3.63) is 35.9 Å². The summed E-state index contributed by atoms with van der Waals surface area (Å²) in [6.45, 7) is 2.00. The van der Waals surface area contributed by atoms with E-state index in [1.54, 1.807) is 18.2 Å². The molecule has 2 unspecified atom stereocenters. The molecular formula is C17H22F2O2. The molecule has 0 aromatic heterocycles. The van der Waals surface area contributed by atoms with Gasteiger partial charge >= 0.3 is 5.97 Å². The Balaban J connectivity index is 2.25. The maximum atomic E-state index is 14.5. The van der Waals surface area contributed by atoms with E-state index in [9.17, 15) is 18.7 Å². The molecule has 0 saturated heterocycles. The van der Waals surface area contributed by atoms with Crippen molar-refractivity contribution in [2.24, 2.45) is 11.3 Å². The topological polar surface area (TPSA) is 37.3 Å². The van der Waals surface area contributed by atoms with Crippen LogP contribution in [-0.4, -0.2) is 11.1 Å². The Bertz CT molecular complexity index is 487. The van der Waals surface area contributed by atoms with E-state index in [1.807, 2.05) is 6.92 Å². The van der Waals surface area contributed by atoms with Crippen molar-refractivity contribution >= 4 is 5.97 Å². The van der Waals surface area contributed by atoms with E-state index in [4.69, 9.17) is 0 Å². The van der Waals surface area contributed by atoms with E-state index in [0.717, 1.165) is 19.3 Å². The maximum Gasteiger partial charge on any atom is 0.309 e. The van der Waals surface area contributed by atoms with Gasteiger partial charge < -0.3 is 5.11 Å². The number of aliphatic carboxylic acids is 1. The Labute approximate surface area is 124 Å². The van der Waals surface area contributed by atoms with Crippen LogP contribution >= 0.6 is 0 Å². The predicted molar refractivity (Wildman–Crippen MR) is 77.3 cm³/mol. The number of carboxylic acid groups (broad SMARTS) is 1. The van der Waals surface area contributed by atoms with Gasteiger partial charge in [0.15, 0.2) is 0 Å². The summed E-state index contributed by atoms with van der Waals surface area (Å²) >= 11 is 0. The monoisotopic (exact) mass is 296 g/mol. The minimum Gasteiger partial charge on any atom is -0.481 e. The van der Waals surface area contributed by atoms with Gasteiger partial charge in [-0.25, -0.2) is 8.78 Å². The first kappa shape index (κ1) is 15.9. The van der Waals surface area contributed by atoms with Gasteiger partial charge in [-0.05, 0) is 18.8 Å². The standard InChI is InChI=1S/C17H22F2O2/c1-2-13-7-6-10-16(11-13,15(20)21)12-17(18,19)14-8-4-3-5-9-14/h3-5,8-9,13H,2,6-7,10-12H2,1H3,(H,20,21). The second kappa shape index (κ2) is 6.12. The first-order valence-electron chi connectivity index (χ1n) is 7.56. The van der Waals surface area contributed by atoms with E-state index in [2.05, 4.69) is 0 Å². The summed E-state index contributed by atoms with van der Waals surface area (Å²) in [5, 5.41) is 9.58. The summed E-state index contributed by atoms with van der Waals surface area (Å²) in [4.78, 5) is 11.7. The van der Waals surface area contributed by atoms with E-state index in [-0.39, 0.29) is 11.5 Å². The summed E-state index contributed by atoms with van der Waals surface area (Å²) in [6, 6.07) is 7.55. The molecule has 1 aliphatic rings. The highest BCUT2D eigenvalue weighted by Crippen LogP contribution is 2.49. The van der Waals surface area contributed by atoms with Gasteiger partial charge in [0.1, 0.15) is 0 Å². The highest BCUT2D eigenvalue weighted by molar-refractivity contribution is 5.75. The van der Waals surface area contributed by atoms with Crippen LogP contribution in [0.4, 0.5) is 8.78 Å². The summed E-state index contributed by atoms with van der Waals surface area (Å²) in [5.41, 5.74) is -1.39. The minimum atomic E-state index is -3.10. The van der Waals surface area contributed by atoms with Gasteiger partial charge in [-0.2, -0.15) is 0 Å². The summed E-state index contributed by atoms with van der Waals surface area (Å²) in [7, 11) is 0. The molecule has 1 fully saturated rings. The Morgan fingerprint density at radius 3 is 2.62 bits per heavy atom. The van der Waals surface area contributed by atoms with Gasteiger partial charge in [-0.1, -0.05) is 56.5 Å². The maximum absolute atomic E-state index is 14.5. The smallest absolute Gasteiger partial charge is 0.309 e. The molecule has 1 N–H and O–H groups in total. The molecule has 4 heteroatoms. The largest absolute Gasteiger partial charge is 0.481 e. The van der Waals surface area contributed by atoms with E-state index in [1.165, 1.54) is 12.1 Å². The Hall–Kier alpha value is -1.45. The fraction of sp³-hybridized carbons (Fsp3) is 0.588. The van der Waals surface area contributed by atoms with Crippen molar-refractivity contribution in [3.63, 3.8) is 0 Å².